The summed E-state index contributed by atoms with van der Waals surface area (Å²) in [4.78, 5) is 0. The largest absolute Gasteiger partial charge is 0.207 e. The van der Waals surface area contributed by atoms with Crippen molar-refractivity contribution >= 4 is 15.9 Å². The average Bonchev–Trinajstić information content (AvgIpc) is 2.16. The van der Waals surface area contributed by atoms with Crippen LogP contribution < -0.4 is 0 Å². The van der Waals surface area contributed by atoms with Crippen molar-refractivity contribution in [1.29, 1.82) is 0 Å². The molecule has 0 spiro atoms. The maximum Gasteiger partial charge on any atom is 0.129 e. The second-order valence-electron chi connectivity index (χ2n) is 4.10. The van der Waals surface area contributed by atoms with E-state index in [0.29, 0.717) is 23.8 Å². The van der Waals surface area contributed by atoms with Gasteiger partial charge < -0.3 is 0 Å². The van der Waals surface area contributed by atoms with E-state index in [1.54, 1.807) is 0 Å². The molecule has 0 aliphatic rings. The second kappa shape index (κ2) is 5.59. The van der Waals surface area contributed by atoms with Crippen LogP contribution in [-0.2, 0) is 6.42 Å². The molecule has 0 amide bonds. The number of hydrogen-bond acceptors (Lipinski definition) is 0. The van der Waals surface area contributed by atoms with Gasteiger partial charge in [0.1, 0.15) is 11.6 Å². The normalized spacial score (nSPS) is 13.2. The molecule has 0 fully saturated rings. The van der Waals surface area contributed by atoms with Crippen LogP contribution in [0, 0.1) is 23.5 Å². The zero-order valence-corrected chi connectivity index (χ0v) is 10.5. The summed E-state index contributed by atoms with van der Waals surface area (Å²) in [7, 11) is 0. The topological polar surface area (TPSA) is 0 Å². The average molecular weight is 277 g/mol. The van der Waals surface area contributed by atoms with Gasteiger partial charge in [-0.25, -0.2) is 8.78 Å². The lowest BCUT2D eigenvalue weighted by atomic mass is 9.91. The highest BCUT2D eigenvalue weighted by Gasteiger charge is 2.15. The third-order valence-corrected chi connectivity index (χ3v) is 3.47. The van der Waals surface area contributed by atoms with Crippen LogP contribution >= 0.6 is 15.9 Å². The summed E-state index contributed by atoms with van der Waals surface area (Å²) in [6, 6.07) is 3.79. The first-order chi connectivity index (χ1) is 7.04. The number of halogens is 3. The van der Waals surface area contributed by atoms with Crippen molar-refractivity contribution in [3.63, 3.8) is 0 Å². The molecule has 1 aromatic rings. The summed E-state index contributed by atoms with van der Waals surface area (Å²) >= 11 is 3.42. The Kier molecular flexibility index (Phi) is 4.71. The number of alkyl halides is 1. The van der Waals surface area contributed by atoms with Gasteiger partial charge in [-0.2, -0.15) is 0 Å². The van der Waals surface area contributed by atoms with E-state index in [4.69, 9.17) is 0 Å². The molecule has 1 aromatic carbocycles. The lowest BCUT2D eigenvalue weighted by Gasteiger charge is -2.18. The fourth-order valence-corrected chi connectivity index (χ4v) is 2.41. The maximum absolute atomic E-state index is 13.4. The molecule has 1 rings (SSSR count). The molecule has 84 valence electrons. The summed E-state index contributed by atoms with van der Waals surface area (Å²) in [5, 5.41) is 0.835. The first kappa shape index (κ1) is 12.6. The van der Waals surface area contributed by atoms with E-state index in [1.165, 1.54) is 12.1 Å². The van der Waals surface area contributed by atoms with Gasteiger partial charge in [-0.15, -0.1) is 0 Å². The molecule has 15 heavy (non-hydrogen) atoms. The zero-order valence-electron chi connectivity index (χ0n) is 8.93. The molecule has 0 aliphatic heterocycles. The van der Waals surface area contributed by atoms with Crippen LogP contribution in [-0.4, -0.2) is 5.33 Å². The van der Waals surface area contributed by atoms with Crippen LogP contribution in [0.25, 0.3) is 0 Å². The van der Waals surface area contributed by atoms with Gasteiger partial charge in [0.25, 0.3) is 0 Å². The van der Waals surface area contributed by atoms with E-state index in [1.807, 2.05) is 0 Å². The smallest absolute Gasteiger partial charge is 0.129 e. The number of benzene rings is 1. The van der Waals surface area contributed by atoms with E-state index in [-0.39, 0.29) is 0 Å². The van der Waals surface area contributed by atoms with Gasteiger partial charge in [-0.05, 0) is 29.9 Å². The van der Waals surface area contributed by atoms with Gasteiger partial charge in [-0.3, -0.25) is 0 Å². The predicted octanol–water partition coefficient (Wildman–Crippen LogP) is 4.17. The molecule has 0 bridgehead atoms. The number of rotatable bonds is 4. The van der Waals surface area contributed by atoms with Crippen molar-refractivity contribution in [3.05, 3.63) is 35.4 Å². The molecule has 0 aromatic heterocycles. The predicted molar refractivity (Wildman–Crippen MR) is 62.2 cm³/mol. The SMILES string of the molecule is CC(C)C(CBr)Cc1ccc(F)cc1F. The van der Waals surface area contributed by atoms with Gasteiger partial charge >= 0.3 is 0 Å². The van der Waals surface area contributed by atoms with Crippen molar-refractivity contribution in [3.8, 4) is 0 Å². The quantitative estimate of drug-likeness (QED) is 0.724. The molecule has 0 radical (unpaired) electrons. The number of hydrogen-bond donors (Lipinski definition) is 0. The molecule has 0 heterocycles. The third-order valence-electron chi connectivity index (χ3n) is 2.64. The Hall–Kier alpha value is -0.440. The van der Waals surface area contributed by atoms with Crippen LogP contribution in [0.5, 0.6) is 0 Å². The van der Waals surface area contributed by atoms with E-state index in [9.17, 15) is 8.78 Å². The van der Waals surface area contributed by atoms with Crippen LogP contribution in [0.1, 0.15) is 19.4 Å². The Morgan fingerprint density at radius 2 is 1.93 bits per heavy atom. The fourth-order valence-electron chi connectivity index (χ4n) is 1.44. The van der Waals surface area contributed by atoms with Gasteiger partial charge in [0.05, 0.1) is 0 Å². The molecule has 1 atom stereocenters. The molecule has 0 saturated carbocycles. The molecule has 0 aliphatic carbocycles. The van der Waals surface area contributed by atoms with Crippen LogP contribution in [0.4, 0.5) is 8.78 Å². The Bertz CT molecular complexity index is 323. The lowest BCUT2D eigenvalue weighted by Crippen LogP contribution is -2.14. The van der Waals surface area contributed by atoms with Crippen molar-refractivity contribution in [2.75, 3.05) is 5.33 Å². The van der Waals surface area contributed by atoms with Crippen molar-refractivity contribution in [2.45, 2.75) is 20.3 Å². The molecule has 3 heteroatoms. The van der Waals surface area contributed by atoms with Gasteiger partial charge in [0.15, 0.2) is 0 Å². The first-order valence-corrected chi connectivity index (χ1v) is 6.16. The minimum atomic E-state index is -0.517. The molecular formula is C12H15BrF2. The van der Waals surface area contributed by atoms with E-state index in [2.05, 4.69) is 29.8 Å². The minimum absolute atomic E-state index is 0.380. The van der Waals surface area contributed by atoms with Crippen molar-refractivity contribution < 1.29 is 8.78 Å². The molecular weight excluding hydrogens is 262 g/mol. The Balaban J connectivity index is 2.79. The third kappa shape index (κ3) is 3.56. The molecule has 0 N–H and O–H groups in total. The first-order valence-electron chi connectivity index (χ1n) is 5.04. The Labute approximate surface area is 97.8 Å². The van der Waals surface area contributed by atoms with E-state index in [0.717, 1.165) is 11.4 Å². The maximum atomic E-state index is 13.4. The van der Waals surface area contributed by atoms with E-state index >= 15 is 0 Å². The van der Waals surface area contributed by atoms with Crippen LogP contribution in [0.15, 0.2) is 18.2 Å². The summed E-state index contributed by atoms with van der Waals surface area (Å²) in [6.45, 7) is 4.21. The summed E-state index contributed by atoms with van der Waals surface area (Å²) in [6.07, 6.45) is 0.648. The molecule has 1 unspecified atom stereocenters. The van der Waals surface area contributed by atoms with Gasteiger partial charge in [0, 0.05) is 11.4 Å². The summed E-state index contributed by atoms with van der Waals surface area (Å²) < 4.78 is 26.0. The highest BCUT2D eigenvalue weighted by Crippen LogP contribution is 2.21. The summed E-state index contributed by atoms with van der Waals surface area (Å²) in [5.41, 5.74) is 0.592. The van der Waals surface area contributed by atoms with Crippen molar-refractivity contribution in [2.24, 2.45) is 11.8 Å². The highest BCUT2D eigenvalue weighted by molar-refractivity contribution is 9.09. The summed E-state index contributed by atoms with van der Waals surface area (Å²) in [5.74, 6) is -0.100. The lowest BCUT2D eigenvalue weighted by molar-refractivity contribution is 0.419. The van der Waals surface area contributed by atoms with Gasteiger partial charge in [0.2, 0.25) is 0 Å². The van der Waals surface area contributed by atoms with Crippen molar-refractivity contribution in [1.82, 2.24) is 0 Å². The highest BCUT2D eigenvalue weighted by atomic mass is 79.9. The molecule has 0 saturated heterocycles. The zero-order chi connectivity index (χ0) is 11.4. The fraction of sp³-hybridized carbons (Fsp3) is 0.500. The monoisotopic (exact) mass is 276 g/mol. The van der Waals surface area contributed by atoms with Gasteiger partial charge in [-0.1, -0.05) is 35.8 Å². The standard InChI is InChI=1S/C12H15BrF2/c1-8(2)10(7-13)5-9-3-4-11(14)6-12(9)15/h3-4,6,8,10H,5,7H2,1-2H3. The minimum Gasteiger partial charge on any atom is -0.207 e. The Morgan fingerprint density at radius 3 is 2.40 bits per heavy atom. The molecule has 0 nitrogen and oxygen atoms in total. The van der Waals surface area contributed by atoms with Crippen LogP contribution in [0.2, 0.25) is 0 Å². The second-order valence-corrected chi connectivity index (χ2v) is 4.75. The van der Waals surface area contributed by atoms with Crippen LogP contribution in [0.3, 0.4) is 0 Å². The van der Waals surface area contributed by atoms with E-state index < -0.39 is 11.6 Å². The Morgan fingerprint density at radius 1 is 1.27 bits per heavy atom.